The summed E-state index contributed by atoms with van der Waals surface area (Å²) in [6, 6.07) is 11.9. The average molecular weight is 288 g/mol. The van der Waals surface area contributed by atoms with Crippen molar-refractivity contribution in [2.24, 2.45) is 0 Å². The van der Waals surface area contributed by atoms with E-state index >= 15 is 0 Å². The molecule has 0 fully saturated rings. The molecule has 0 radical (unpaired) electrons. The fourth-order valence-electron chi connectivity index (χ4n) is 1.93. The molecule has 2 aromatic rings. The number of carboxylic acids is 1. The second-order valence-electron chi connectivity index (χ2n) is 4.29. The van der Waals surface area contributed by atoms with Gasteiger partial charge in [0, 0.05) is 0 Å². The van der Waals surface area contributed by atoms with Crippen molar-refractivity contribution < 1.29 is 24.1 Å². The van der Waals surface area contributed by atoms with E-state index in [-0.39, 0.29) is 12.2 Å². The van der Waals surface area contributed by atoms with Crippen LogP contribution >= 0.6 is 0 Å². The first-order chi connectivity index (χ1) is 10.2. The lowest BCUT2D eigenvalue weighted by molar-refractivity contribution is 0.0696. The summed E-state index contributed by atoms with van der Waals surface area (Å²) in [6.07, 6.45) is 0. The minimum atomic E-state index is -0.962. The Morgan fingerprint density at radius 3 is 2.43 bits per heavy atom. The van der Waals surface area contributed by atoms with Crippen molar-refractivity contribution >= 4 is 5.97 Å². The van der Waals surface area contributed by atoms with Gasteiger partial charge in [-0.1, -0.05) is 18.2 Å². The standard InChI is InChI=1S/C16H16O5/c1-19-13-7-4-8-14(15(13)20-2)21-10-11-5-3-6-12(9-11)16(17)18/h3-9H,10H2,1-2H3,(H,17,18). The fraction of sp³-hybridized carbons (Fsp3) is 0.188. The second-order valence-corrected chi connectivity index (χ2v) is 4.29. The SMILES string of the molecule is COc1cccc(OCc2cccc(C(=O)O)c2)c1OC. The predicted molar refractivity (Wildman–Crippen MR) is 77.3 cm³/mol. The van der Waals surface area contributed by atoms with Crippen molar-refractivity contribution in [1.82, 2.24) is 0 Å². The van der Waals surface area contributed by atoms with Crippen LogP contribution in [0, 0.1) is 0 Å². The zero-order valence-corrected chi connectivity index (χ0v) is 11.8. The van der Waals surface area contributed by atoms with E-state index in [0.717, 1.165) is 5.56 Å². The highest BCUT2D eigenvalue weighted by molar-refractivity contribution is 5.87. The molecule has 0 saturated heterocycles. The van der Waals surface area contributed by atoms with Crippen LogP contribution < -0.4 is 14.2 Å². The molecule has 0 atom stereocenters. The van der Waals surface area contributed by atoms with Gasteiger partial charge in [0.15, 0.2) is 11.5 Å². The molecule has 0 saturated carbocycles. The second kappa shape index (κ2) is 6.65. The maximum Gasteiger partial charge on any atom is 0.335 e. The van der Waals surface area contributed by atoms with Crippen LogP contribution in [-0.4, -0.2) is 25.3 Å². The third kappa shape index (κ3) is 3.45. The summed E-state index contributed by atoms with van der Waals surface area (Å²) in [4.78, 5) is 10.9. The highest BCUT2D eigenvalue weighted by atomic mass is 16.5. The molecule has 5 heteroatoms. The minimum Gasteiger partial charge on any atom is -0.493 e. The smallest absolute Gasteiger partial charge is 0.335 e. The van der Waals surface area contributed by atoms with Gasteiger partial charge in [-0.15, -0.1) is 0 Å². The van der Waals surface area contributed by atoms with Crippen LogP contribution in [0.2, 0.25) is 0 Å². The number of ether oxygens (including phenoxy) is 3. The van der Waals surface area contributed by atoms with Gasteiger partial charge in [0.05, 0.1) is 19.8 Å². The van der Waals surface area contributed by atoms with E-state index in [1.807, 2.05) is 0 Å². The quantitative estimate of drug-likeness (QED) is 0.885. The van der Waals surface area contributed by atoms with Crippen LogP contribution in [0.3, 0.4) is 0 Å². The van der Waals surface area contributed by atoms with Crippen LogP contribution in [0.4, 0.5) is 0 Å². The number of para-hydroxylation sites is 1. The minimum absolute atomic E-state index is 0.230. The largest absolute Gasteiger partial charge is 0.493 e. The maximum absolute atomic E-state index is 10.9. The van der Waals surface area contributed by atoms with Crippen molar-refractivity contribution in [3.63, 3.8) is 0 Å². The summed E-state index contributed by atoms with van der Waals surface area (Å²) < 4.78 is 16.2. The summed E-state index contributed by atoms with van der Waals surface area (Å²) in [5, 5.41) is 8.97. The van der Waals surface area contributed by atoms with Gasteiger partial charge >= 0.3 is 5.97 Å². The third-order valence-corrected chi connectivity index (χ3v) is 2.94. The first-order valence-electron chi connectivity index (χ1n) is 6.31. The third-order valence-electron chi connectivity index (χ3n) is 2.94. The molecule has 2 aromatic carbocycles. The van der Waals surface area contributed by atoms with E-state index in [4.69, 9.17) is 19.3 Å². The number of hydrogen-bond donors (Lipinski definition) is 1. The average Bonchev–Trinajstić information content (AvgIpc) is 2.52. The molecule has 0 aromatic heterocycles. The monoisotopic (exact) mass is 288 g/mol. The number of methoxy groups -OCH3 is 2. The van der Waals surface area contributed by atoms with Crippen molar-refractivity contribution in [3.8, 4) is 17.2 Å². The van der Waals surface area contributed by atoms with Gasteiger partial charge in [-0.2, -0.15) is 0 Å². The number of benzene rings is 2. The van der Waals surface area contributed by atoms with Crippen molar-refractivity contribution in [1.29, 1.82) is 0 Å². The van der Waals surface area contributed by atoms with Gasteiger partial charge in [0.25, 0.3) is 0 Å². The number of hydrogen-bond acceptors (Lipinski definition) is 4. The topological polar surface area (TPSA) is 65.0 Å². The molecule has 2 rings (SSSR count). The molecular formula is C16H16O5. The molecule has 5 nitrogen and oxygen atoms in total. The number of carboxylic acid groups (broad SMARTS) is 1. The van der Waals surface area contributed by atoms with Crippen molar-refractivity contribution in [2.75, 3.05) is 14.2 Å². The Morgan fingerprint density at radius 1 is 1.05 bits per heavy atom. The lowest BCUT2D eigenvalue weighted by atomic mass is 10.1. The highest BCUT2D eigenvalue weighted by Crippen LogP contribution is 2.36. The lowest BCUT2D eigenvalue weighted by Gasteiger charge is -2.13. The number of rotatable bonds is 6. The van der Waals surface area contributed by atoms with Gasteiger partial charge in [-0.3, -0.25) is 0 Å². The highest BCUT2D eigenvalue weighted by Gasteiger charge is 2.11. The van der Waals surface area contributed by atoms with Crippen LogP contribution in [-0.2, 0) is 6.61 Å². The van der Waals surface area contributed by atoms with Gasteiger partial charge in [-0.05, 0) is 29.8 Å². The summed E-state index contributed by atoms with van der Waals surface area (Å²) in [6.45, 7) is 0.241. The van der Waals surface area contributed by atoms with Crippen molar-refractivity contribution in [3.05, 3.63) is 53.6 Å². The van der Waals surface area contributed by atoms with Crippen LogP contribution in [0.5, 0.6) is 17.2 Å². The first kappa shape index (κ1) is 14.7. The Balaban J connectivity index is 2.16. The molecule has 0 aliphatic heterocycles. The Morgan fingerprint density at radius 2 is 1.76 bits per heavy atom. The molecule has 0 bridgehead atoms. The van der Waals surface area contributed by atoms with Gasteiger partial charge < -0.3 is 19.3 Å². The van der Waals surface area contributed by atoms with E-state index in [1.54, 1.807) is 43.5 Å². The summed E-state index contributed by atoms with van der Waals surface area (Å²) in [7, 11) is 3.09. The molecular weight excluding hydrogens is 272 g/mol. The Kier molecular flexibility index (Phi) is 4.66. The van der Waals surface area contributed by atoms with Crippen LogP contribution in [0.25, 0.3) is 0 Å². The van der Waals surface area contributed by atoms with Gasteiger partial charge in [-0.25, -0.2) is 4.79 Å². The molecule has 0 aliphatic carbocycles. The molecule has 0 heterocycles. The lowest BCUT2D eigenvalue weighted by Crippen LogP contribution is -2.01. The van der Waals surface area contributed by atoms with E-state index in [1.165, 1.54) is 13.2 Å². The Hall–Kier alpha value is -2.69. The number of aromatic carboxylic acids is 1. The van der Waals surface area contributed by atoms with Crippen molar-refractivity contribution in [2.45, 2.75) is 6.61 Å². The fourth-order valence-corrected chi connectivity index (χ4v) is 1.93. The maximum atomic E-state index is 10.9. The summed E-state index contributed by atoms with van der Waals surface area (Å²) in [5.74, 6) is 0.664. The molecule has 1 N–H and O–H groups in total. The van der Waals surface area contributed by atoms with E-state index in [9.17, 15) is 4.79 Å². The van der Waals surface area contributed by atoms with Crippen LogP contribution in [0.15, 0.2) is 42.5 Å². The summed E-state index contributed by atoms with van der Waals surface area (Å²) >= 11 is 0. The van der Waals surface area contributed by atoms with Gasteiger partial charge in [0.2, 0.25) is 5.75 Å². The number of carbonyl (C=O) groups is 1. The zero-order valence-electron chi connectivity index (χ0n) is 11.8. The molecule has 0 amide bonds. The normalized spacial score (nSPS) is 10.0. The molecule has 0 aliphatic rings. The van der Waals surface area contributed by atoms with E-state index < -0.39 is 5.97 Å². The molecule has 21 heavy (non-hydrogen) atoms. The zero-order chi connectivity index (χ0) is 15.2. The first-order valence-corrected chi connectivity index (χ1v) is 6.31. The molecule has 0 unspecified atom stereocenters. The predicted octanol–water partition coefficient (Wildman–Crippen LogP) is 2.98. The van der Waals surface area contributed by atoms with Crippen LogP contribution in [0.1, 0.15) is 15.9 Å². The molecule has 0 spiro atoms. The summed E-state index contributed by atoms with van der Waals surface area (Å²) in [5.41, 5.74) is 0.994. The van der Waals surface area contributed by atoms with E-state index in [0.29, 0.717) is 17.2 Å². The Bertz CT molecular complexity index is 636. The van der Waals surface area contributed by atoms with E-state index in [2.05, 4.69) is 0 Å². The Labute approximate surface area is 122 Å². The molecule has 110 valence electrons. The van der Waals surface area contributed by atoms with Gasteiger partial charge in [0.1, 0.15) is 6.61 Å².